The van der Waals surface area contributed by atoms with E-state index >= 15 is 4.39 Å². The number of pyridine rings is 1. The highest BCUT2D eigenvalue weighted by Crippen LogP contribution is 2.52. The van der Waals surface area contributed by atoms with Gasteiger partial charge in [-0.2, -0.15) is 0 Å². The summed E-state index contributed by atoms with van der Waals surface area (Å²) in [6, 6.07) is 4.16. The number of anilines is 2. The van der Waals surface area contributed by atoms with Crippen molar-refractivity contribution in [2.75, 3.05) is 49.1 Å². The predicted octanol–water partition coefficient (Wildman–Crippen LogP) is 4.33. The smallest absolute Gasteiger partial charge is 0.251 e. The largest absolute Gasteiger partial charge is 0.507 e. The maximum atomic E-state index is 16.5. The van der Waals surface area contributed by atoms with E-state index in [1.807, 2.05) is 11.8 Å². The summed E-state index contributed by atoms with van der Waals surface area (Å²) >= 11 is 6.64. The van der Waals surface area contributed by atoms with Crippen molar-refractivity contribution < 1.29 is 28.2 Å². The molecule has 224 valence electrons. The van der Waals surface area contributed by atoms with Gasteiger partial charge in [0.25, 0.3) is 5.91 Å². The van der Waals surface area contributed by atoms with Gasteiger partial charge in [-0.1, -0.05) is 24.2 Å². The summed E-state index contributed by atoms with van der Waals surface area (Å²) in [6.07, 6.45) is 2.98. The van der Waals surface area contributed by atoms with Crippen molar-refractivity contribution in [1.82, 2.24) is 14.8 Å². The molecule has 2 saturated heterocycles. The standard InChI is InChI=1S/C31H30ClF2N5O4/c1-3-23(41)37-15-21-31(42)39-14-17(13-36-9-4-5-10-36)43-30-29(39)28(38(21)12-16(37)2)18-11-19(32)24(26(34)27(18)35-30)25-20(33)7-6-8-22(25)40/h3,6-8,11,16-17,21,40H,1,4-5,9-10,12-15H2,2H3/t16-,17-,21-/m1/s1. The first-order valence-electron chi connectivity index (χ1n) is 14.4. The number of halogens is 3. The Morgan fingerprint density at radius 1 is 1.19 bits per heavy atom. The van der Waals surface area contributed by atoms with Crippen LogP contribution in [0.3, 0.4) is 0 Å². The lowest BCUT2D eigenvalue weighted by molar-refractivity contribution is -0.131. The molecule has 2 amide bonds. The number of ether oxygens (including phenoxy) is 1. The average molecular weight is 610 g/mol. The first-order chi connectivity index (χ1) is 20.7. The molecule has 2 aromatic carbocycles. The quantitative estimate of drug-likeness (QED) is 0.441. The number of aromatic hydroxyl groups is 1. The lowest BCUT2D eigenvalue weighted by Crippen LogP contribution is -2.67. The van der Waals surface area contributed by atoms with Crippen LogP contribution in [-0.4, -0.2) is 89.2 Å². The minimum absolute atomic E-state index is 0.104. The minimum atomic E-state index is -0.916. The van der Waals surface area contributed by atoms with Crippen molar-refractivity contribution in [3.8, 4) is 22.8 Å². The van der Waals surface area contributed by atoms with E-state index in [1.165, 1.54) is 24.3 Å². The number of rotatable bonds is 4. The maximum Gasteiger partial charge on any atom is 0.251 e. The normalized spacial score (nSPS) is 23.3. The van der Waals surface area contributed by atoms with Crippen LogP contribution < -0.4 is 14.5 Å². The number of fused-ring (bicyclic) bond motifs is 4. The molecular weight excluding hydrogens is 580 g/mol. The third-order valence-corrected chi connectivity index (χ3v) is 9.26. The molecule has 3 atom stereocenters. The molecule has 0 saturated carbocycles. The Kier molecular flexibility index (Phi) is 6.70. The van der Waals surface area contributed by atoms with Crippen molar-refractivity contribution in [2.45, 2.75) is 38.0 Å². The summed E-state index contributed by atoms with van der Waals surface area (Å²) in [5.74, 6) is -2.58. The monoisotopic (exact) mass is 609 g/mol. The van der Waals surface area contributed by atoms with E-state index in [1.54, 1.807) is 9.80 Å². The number of piperazine rings is 1. The summed E-state index contributed by atoms with van der Waals surface area (Å²) in [5, 5.41) is 10.7. The van der Waals surface area contributed by atoms with Crippen molar-refractivity contribution >= 4 is 45.7 Å². The fourth-order valence-electron chi connectivity index (χ4n) is 6.96. The molecule has 5 heterocycles. The molecule has 0 spiro atoms. The van der Waals surface area contributed by atoms with E-state index in [0.29, 0.717) is 23.3 Å². The highest BCUT2D eigenvalue weighted by molar-refractivity contribution is 6.35. The van der Waals surface area contributed by atoms with Gasteiger partial charge in [-0.25, -0.2) is 13.8 Å². The number of benzene rings is 2. The Morgan fingerprint density at radius 2 is 1.95 bits per heavy atom. The zero-order valence-corrected chi connectivity index (χ0v) is 24.3. The molecular formula is C31H30ClF2N5O4. The third kappa shape index (κ3) is 4.31. The molecule has 2 fully saturated rings. The fourth-order valence-corrected chi connectivity index (χ4v) is 7.25. The molecule has 0 aliphatic carbocycles. The first-order valence-corrected chi connectivity index (χ1v) is 14.8. The molecule has 3 aromatic rings. The van der Waals surface area contributed by atoms with Crippen molar-refractivity contribution in [3.63, 3.8) is 0 Å². The summed E-state index contributed by atoms with van der Waals surface area (Å²) in [4.78, 5) is 38.8. The molecule has 1 aromatic heterocycles. The summed E-state index contributed by atoms with van der Waals surface area (Å²) in [6.45, 7) is 8.58. The van der Waals surface area contributed by atoms with Gasteiger partial charge in [0.2, 0.25) is 11.8 Å². The number of carbonyl (C=O) groups is 2. The summed E-state index contributed by atoms with van der Waals surface area (Å²) < 4.78 is 37.9. The molecule has 4 aliphatic rings. The summed E-state index contributed by atoms with van der Waals surface area (Å²) in [5.41, 5.74) is 0.144. The van der Waals surface area contributed by atoms with E-state index in [9.17, 15) is 19.1 Å². The third-order valence-electron chi connectivity index (χ3n) is 8.96. The molecule has 9 nitrogen and oxygen atoms in total. The van der Waals surface area contributed by atoms with Gasteiger partial charge in [0.15, 0.2) is 5.82 Å². The zero-order valence-electron chi connectivity index (χ0n) is 23.5. The Hall–Kier alpha value is -3.96. The van der Waals surface area contributed by atoms with Gasteiger partial charge in [0.1, 0.15) is 34.9 Å². The van der Waals surface area contributed by atoms with Crippen LogP contribution in [-0.2, 0) is 9.59 Å². The number of hydrogen-bond acceptors (Lipinski definition) is 7. The molecule has 43 heavy (non-hydrogen) atoms. The molecule has 7 rings (SSSR count). The number of carbonyl (C=O) groups excluding carboxylic acids is 2. The van der Waals surface area contributed by atoms with Crippen LogP contribution in [0, 0.1) is 11.6 Å². The van der Waals surface area contributed by atoms with E-state index < -0.39 is 29.5 Å². The van der Waals surface area contributed by atoms with E-state index in [2.05, 4.69) is 16.5 Å². The SMILES string of the molecule is C=CC(=O)N1C[C@@H]2C(=O)N3C[C@@H](CN4CCCC4)Oc4nc5c(F)c(-c6c(O)cccc6F)c(Cl)cc5c(c43)N2C[C@H]1C. The van der Waals surface area contributed by atoms with Crippen LogP contribution in [0.15, 0.2) is 36.9 Å². The number of aromatic nitrogens is 1. The number of phenolic OH excluding ortho intramolecular Hbond substituents is 1. The number of likely N-dealkylation sites (tertiary alicyclic amines) is 1. The molecule has 1 N–H and O–H groups in total. The zero-order chi connectivity index (χ0) is 30.2. The summed E-state index contributed by atoms with van der Waals surface area (Å²) in [7, 11) is 0. The van der Waals surface area contributed by atoms with Gasteiger partial charge in [-0.05, 0) is 57.1 Å². The van der Waals surface area contributed by atoms with Crippen LogP contribution in [0.2, 0.25) is 5.02 Å². The van der Waals surface area contributed by atoms with Crippen LogP contribution in [0.5, 0.6) is 11.6 Å². The van der Waals surface area contributed by atoms with Crippen LogP contribution in [0.1, 0.15) is 19.8 Å². The van der Waals surface area contributed by atoms with Gasteiger partial charge in [-0.3, -0.25) is 14.5 Å². The predicted molar refractivity (Wildman–Crippen MR) is 159 cm³/mol. The van der Waals surface area contributed by atoms with Gasteiger partial charge in [0, 0.05) is 30.1 Å². The Bertz CT molecular complexity index is 1680. The van der Waals surface area contributed by atoms with Crippen molar-refractivity contribution in [3.05, 3.63) is 53.6 Å². The van der Waals surface area contributed by atoms with E-state index in [4.69, 9.17) is 16.3 Å². The lowest BCUT2D eigenvalue weighted by atomic mass is 9.95. The molecule has 4 aliphatic heterocycles. The molecule has 12 heteroatoms. The number of amides is 2. The first kappa shape index (κ1) is 27.8. The second kappa shape index (κ2) is 10.3. The van der Waals surface area contributed by atoms with Gasteiger partial charge in [0.05, 0.1) is 29.4 Å². The Labute approximate surface area is 251 Å². The van der Waals surface area contributed by atoms with Gasteiger partial charge in [-0.15, -0.1) is 0 Å². The van der Waals surface area contributed by atoms with Crippen molar-refractivity contribution in [2.24, 2.45) is 0 Å². The Morgan fingerprint density at radius 3 is 2.67 bits per heavy atom. The molecule has 0 unspecified atom stereocenters. The fraction of sp³-hybridized carbons (Fsp3) is 0.387. The maximum absolute atomic E-state index is 16.5. The van der Waals surface area contributed by atoms with Crippen LogP contribution in [0.25, 0.3) is 22.0 Å². The van der Waals surface area contributed by atoms with Gasteiger partial charge < -0.3 is 24.5 Å². The second-order valence-corrected chi connectivity index (χ2v) is 12.0. The second-order valence-electron chi connectivity index (χ2n) is 11.6. The highest BCUT2D eigenvalue weighted by Gasteiger charge is 2.49. The van der Waals surface area contributed by atoms with Gasteiger partial charge >= 0.3 is 0 Å². The molecule has 0 bridgehead atoms. The number of phenols is 1. The molecule has 0 radical (unpaired) electrons. The van der Waals surface area contributed by atoms with E-state index in [-0.39, 0.29) is 65.0 Å². The average Bonchev–Trinajstić information content (AvgIpc) is 3.49. The Balaban J connectivity index is 1.45. The minimum Gasteiger partial charge on any atom is -0.507 e. The number of hydrogen-bond donors (Lipinski definition) is 1. The van der Waals surface area contributed by atoms with E-state index in [0.717, 1.165) is 32.0 Å². The van der Waals surface area contributed by atoms with Crippen LogP contribution in [0.4, 0.5) is 20.2 Å². The highest BCUT2D eigenvalue weighted by atomic mass is 35.5. The number of nitrogens with zero attached hydrogens (tertiary/aromatic N) is 5. The topological polar surface area (TPSA) is 89.5 Å². The van der Waals surface area contributed by atoms with Crippen LogP contribution >= 0.6 is 11.6 Å². The van der Waals surface area contributed by atoms with Crippen molar-refractivity contribution in [1.29, 1.82) is 0 Å². The lowest BCUT2D eigenvalue weighted by Gasteiger charge is -2.52.